The molecule has 14 heavy (non-hydrogen) atoms. The molecule has 0 aliphatic carbocycles. The molecule has 0 atom stereocenters. The molecule has 4 nitrogen and oxygen atoms in total. The molecular weight excluding hydrogens is 220 g/mol. The summed E-state index contributed by atoms with van der Waals surface area (Å²) in [5.74, 6) is 0.206. The Kier molecular flexibility index (Phi) is 6.22. The van der Waals surface area contributed by atoms with E-state index in [0.717, 1.165) is 6.42 Å². The lowest BCUT2D eigenvalue weighted by Gasteiger charge is -2.16. The molecule has 84 valence electrons. The summed E-state index contributed by atoms with van der Waals surface area (Å²) < 4.78 is 24.4. The van der Waals surface area contributed by atoms with Crippen LogP contribution in [0.1, 0.15) is 26.2 Å². The molecule has 0 radical (unpaired) electrons. The lowest BCUT2D eigenvalue weighted by atomic mass is 10.4. The first-order valence-corrected chi connectivity index (χ1v) is 6.64. The van der Waals surface area contributed by atoms with Crippen LogP contribution in [-0.4, -0.2) is 37.1 Å². The Morgan fingerprint density at radius 2 is 2.07 bits per heavy atom. The van der Waals surface area contributed by atoms with Crippen LogP contribution in [0, 0.1) is 0 Å². The van der Waals surface area contributed by atoms with Crippen LogP contribution in [0.25, 0.3) is 0 Å². The van der Waals surface area contributed by atoms with Crippen LogP contribution in [0.3, 0.4) is 0 Å². The van der Waals surface area contributed by atoms with Crippen molar-refractivity contribution in [2.75, 3.05) is 19.3 Å². The molecule has 0 aromatic rings. The van der Waals surface area contributed by atoms with Gasteiger partial charge in [0.1, 0.15) is 0 Å². The molecule has 0 saturated carbocycles. The van der Waals surface area contributed by atoms with Gasteiger partial charge >= 0.3 is 0 Å². The van der Waals surface area contributed by atoms with Crippen LogP contribution in [0.5, 0.6) is 0 Å². The lowest BCUT2D eigenvalue weighted by molar-refractivity contribution is 0.477. The second-order valence-electron chi connectivity index (χ2n) is 3.21. The Morgan fingerprint density at radius 3 is 2.50 bits per heavy atom. The summed E-state index contributed by atoms with van der Waals surface area (Å²) in [5, 5.41) is 0. The molecule has 0 bridgehead atoms. The zero-order chi connectivity index (χ0) is 11.2. The molecule has 0 fully saturated rings. The molecule has 0 heterocycles. The third-order valence-electron chi connectivity index (χ3n) is 1.90. The molecule has 0 aliphatic rings. The van der Waals surface area contributed by atoms with E-state index < -0.39 is 10.0 Å². The van der Waals surface area contributed by atoms with E-state index in [2.05, 4.69) is 12.2 Å². The fraction of sp³-hybridized carbons (Fsp3) is 0.875. The summed E-state index contributed by atoms with van der Waals surface area (Å²) in [6.45, 7) is 2.34. The van der Waals surface area contributed by atoms with Crippen molar-refractivity contribution in [3.05, 3.63) is 0 Å². The van der Waals surface area contributed by atoms with Gasteiger partial charge in [0, 0.05) is 20.0 Å². The van der Waals surface area contributed by atoms with Gasteiger partial charge in [-0.3, -0.25) is 0 Å². The van der Waals surface area contributed by atoms with Gasteiger partial charge in [0.05, 0.1) is 10.7 Å². The van der Waals surface area contributed by atoms with E-state index in [9.17, 15) is 8.42 Å². The van der Waals surface area contributed by atoms with Gasteiger partial charge in [0.2, 0.25) is 10.0 Å². The average Bonchev–Trinajstić information content (AvgIpc) is 2.10. The minimum Gasteiger partial charge on any atom is -0.393 e. The van der Waals surface area contributed by atoms with Crippen LogP contribution in [0.4, 0.5) is 0 Å². The molecule has 2 N–H and O–H groups in total. The molecule has 0 rings (SSSR count). The standard InChI is InChI=1S/C8H18N2O2S2/c1-3-4-7-14(11,12)10(2)6-5-8(9)13/h3-7H2,1-2H3,(H2,9,13). The lowest BCUT2D eigenvalue weighted by Crippen LogP contribution is -2.31. The number of nitrogens with zero attached hydrogens (tertiary/aromatic N) is 1. The van der Waals surface area contributed by atoms with E-state index in [0.29, 0.717) is 24.4 Å². The van der Waals surface area contributed by atoms with E-state index in [4.69, 9.17) is 5.73 Å². The molecular formula is C8H18N2O2S2. The summed E-state index contributed by atoms with van der Waals surface area (Å²) in [4.78, 5) is 0.350. The van der Waals surface area contributed by atoms with Crippen molar-refractivity contribution in [3.8, 4) is 0 Å². The number of hydrogen-bond acceptors (Lipinski definition) is 3. The van der Waals surface area contributed by atoms with Crippen molar-refractivity contribution in [1.82, 2.24) is 4.31 Å². The van der Waals surface area contributed by atoms with Crippen LogP contribution in [0.2, 0.25) is 0 Å². The monoisotopic (exact) mass is 238 g/mol. The molecule has 6 heteroatoms. The van der Waals surface area contributed by atoms with E-state index in [-0.39, 0.29) is 5.75 Å². The van der Waals surface area contributed by atoms with Gasteiger partial charge in [-0.2, -0.15) is 0 Å². The summed E-state index contributed by atoms with van der Waals surface area (Å²) in [6, 6.07) is 0. The van der Waals surface area contributed by atoms with Crippen molar-refractivity contribution in [2.45, 2.75) is 26.2 Å². The van der Waals surface area contributed by atoms with E-state index in [1.807, 2.05) is 6.92 Å². The minimum absolute atomic E-state index is 0.206. The largest absolute Gasteiger partial charge is 0.393 e. The van der Waals surface area contributed by atoms with Gasteiger partial charge in [0.25, 0.3) is 0 Å². The normalized spacial score (nSPS) is 11.9. The predicted octanol–water partition coefficient (Wildman–Crippen LogP) is 0.724. The van der Waals surface area contributed by atoms with Crippen molar-refractivity contribution >= 4 is 27.2 Å². The second kappa shape index (κ2) is 6.31. The fourth-order valence-corrected chi connectivity index (χ4v) is 2.32. The third-order valence-corrected chi connectivity index (χ3v) is 4.04. The van der Waals surface area contributed by atoms with E-state index in [1.54, 1.807) is 7.05 Å². The zero-order valence-corrected chi connectivity index (χ0v) is 10.3. The first-order chi connectivity index (χ1) is 6.40. The minimum atomic E-state index is -3.10. The first kappa shape index (κ1) is 13.8. The van der Waals surface area contributed by atoms with Crippen molar-refractivity contribution in [3.63, 3.8) is 0 Å². The van der Waals surface area contributed by atoms with Gasteiger partial charge in [-0.05, 0) is 6.42 Å². The quantitative estimate of drug-likeness (QED) is 0.664. The highest BCUT2D eigenvalue weighted by atomic mass is 32.2. The highest BCUT2D eigenvalue weighted by molar-refractivity contribution is 7.89. The summed E-state index contributed by atoms with van der Waals surface area (Å²) >= 11 is 4.68. The maximum Gasteiger partial charge on any atom is 0.213 e. The molecule has 0 unspecified atom stereocenters. The van der Waals surface area contributed by atoms with Crippen LogP contribution in [0.15, 0.2) is 0 Å². The highest BCUT2D eigenvalue weighted by Gasteiger charge is 2.16. The van der Waals surface area contributed by atoms with Gasteiger partial charge in [-0.1, -0.05) is 25.6 Å². The smallest absolute Gasteiger partial charge is 0.213 e. The third kappa shape index (κ3) is 5.51. The van der Waals surface area contributed by atoms with Gasteiger partial charge in [-0.15, -0.1) is 0 Å². The number of rotatable bonds is 7. The van der Waals surface area contributed by atoms with Crippen molar-refractivity contribution in [2.24, 2.45) is 5.73 Å². The average molecular weight is 238 g/mol. The molecule has 0 spiro atoms. The fourth-order valence-electron chi connectivity index (χ4n) is 0.889. The molecule has 0 saturated heterocycles. The summed E-state index contributed by atoms with van der Waals surface area (Å²) in [7, 11) is -1.54. The predicted molar refractivity (Wildman–Crippen MR) is 62.7 cm³/mol. The number of thiocarbonyl (C=S) groups is 1. The highest BCUT2D eigenvalue weighted by Crippen LogP contribution is 2.03. The van der Waals surface area contributed by atoms with Crippen LogP contribution in [-0.2, 0) is 10.0 Å². The number of nitrogens with two attached hydrogens (primary N) is 1. The SMILES string of the molecule is CCCCS(=O)(=O)N(C)CCC(N)=S. The molecule has 0 amide bonds. The number of hydrogen-bond donors (Lipinski definition) is 1. The second-order valence-corrected chi connectivity index (χ2v) is 5.93. The summed E-state index contributed by atoms with van der Waals surface area (Å²) in [6.07, 6.45) is 2.01. The van der Waals surface area contributed by atoms with E-state index >= 15 is 0 Å². The number of sulfonamides is 1. The van der Waals surface area contributed by atoms with Crippen LogP contribution < -0.4 is 5.73 Å². The van der Waals surface area contributed by atoms with E-state index in [1.165, 1.54) is 4.31 Å². The Balaban J connectivity index is 4.08. The Bertz CT molecular complexity index is 275. The Hall–Kier alpha value is -0.200. The van der Waals surface area contributed by atoms with Gasteiger partial charge in [0.15, 0.2) is 0 Å². The maximum atomic E-state index is 11.5. The number of unbranched alkanes of at least 4 members (excludes halogenated alkanes) is 1. The van der Waals surface area contributed by atoms with Crippen molar-refractivity contribution in [1.29, 1.82) is 0 Å². The first-order valence-electron chi connectivity index (χ1n) is 4.62. The topological polar surface area (TPSA) is 63.4 Å². The molecule has 0 aromatic heterocycles. The summed E-state index contributed by atoms with van der Waals surface area (Å²) in [5.41, 5.74) is 5.29. The Morgan fingerprint density at radius 1 is 1.50 bits per heavy atom. The van der Waals surface area contributed by atoms with Crippen LogP contribution >= 0.6 is 12.2 Å². The maximum absolute atomic E-state index is 11.5. The van der Waals surface area contributed by atoms with Gasteiger partial charge < -0.3 is 5.73 Å². The zero-order valence-electron chi connectivity index (χ0n) is 8.69. The molecule has 0 aliphatic heterocycles. The molecule has 0 aromatic carbocycles. The Labute approximate surface area is 91.5 Å². The van der Waals surface area contributed by atoms with Gasteiger partial charge in [-0.25, -0.2) is 12.7 Å². The van der Waals surface area contributed by atoms with Crippen molar-refractivity contribution < 1.29 is 8.42 Å².